The SMILES string of the molecule is Cc1ccc(-n2nc(S[C@H](C)C(=O)Nc3ccccc3F)ccc2=O)cc1C. The van der Waals surface area contributed by atoms with Gasteiger partial charge in [0, 0.05) is 6.07 Å². The predicted octanol–water partition coefficient (Wildman–Crippen LogP) is 4.11. The molecule has 0 unspecified atom stereocenters. The number of para-hydroxylation sites is 1. The number of nitrogens with one attached hydrogen (secondary N) is 1. The Morgan fingerprint density at radius 3 is 2.57 bits per heavy atom. The van der Waals surface area contributed by atoms with Crippen molar-refractivity contribution >= 4 is 23.4 Å². The Balaban J connectivity index is 1.79. The molecule has 0 fully saturated rings. The molecule has 1 aromatic heterocycles. The Morgan fingerprint density at radius 2 is 1.86 bits per heavy atom. The molecule has 0 bridgehead atoms. The van der Waals surface area contributed by atoms with E-state index in [0.717, 1.165) is 11.1 Å². The third-order valence-electron chi connectivity index (χ3n) is 4.31. The molecular weight excluding hydrogens is 377 g/mol. The molecule has 3 rings (SSSR count). The van der Waals surface area contributed by atoms with Crippen LogP contribution in [0.15, 0.2) is 64.4 Å². The summed E-state index contributed by atoms with van der Waals surface area (Å²) in [6.07, 6.45) is 0. The van der Waals surface area contributed by atoms with E-state index in [1.807, 2.05) is 32.0 Å². The van der Waals surface area contributed by atoms with Crippen LogP contribution in [0.4, 0.5) is 10.1 Å². The first-order valence-electron chi connectivity index (χ1n) is 8.75. The van der Waals surface area contributed by atoms with Crippen LogP contribution in [-0.4, -0.2) is 20.9 Å². The highest BCUT2D eigenvalue weighted by atomic mass is 32.2. The average molecular weight is 397 g/mol. The highest BCUT2D eigenvalue weighted by molar-refractivity contribution is 8.00. The fraction of sp³-hybridized carbons (Fsp3) is 0.190. The van der Waals surface area contributed by atoms with Crippen LogP contribution < -0.4 is 10.9 Å². The molecule has 144 valence electrons. The lowest BCUT2D eigenvalue weighted by Gasteiger charge is -2.13. The smallest absolute Gasteiger partial charge is 0.271 e. The van der Waals surface area contributed by atoms with Gasteiger partial charge in [0.25, 0.3) is 5.56 Å². The van der Waals surface area contributed by atoms with Crippen molar-refractivity contribution < 1.29 is 9.18 Å². The largest absolute Gasteiger partial charge is 0.323 e. The van der Waals surface area contributed by atoms with E-state index in [4.69, 9.17) is 0 Å². The number of anilines is 1. The average Bonchev–Trinajstić information content (AvgIpc) is 2.67. The van der Waals surface area contributed by atoms with E-state index in [2.05, 4.69) is 10.4 Å². The van der Waals surface area contributed by atoms with Crippen LogP contribution in [0.25, 0.3) is 5.69 Å². The third-order valence-corrected chi connectivity index (χ3v) is 5.34. The molecule has 0 aliphatic rings. The van der Waals surface area contributed by atoms with Crippen LogP contribution in [0.3, 0.4) is 0 Å². The molecule has 1 heterocycles. The van der Waals surface area contributed by atoms with Crippen molar-refractivity contribution in [2.24, 2.45) is 0 Å². The molecule has 5 nitrogen and oxygen atoms in total. The molecule has 1 atom stereocenters. The van der Waals surface area contributed by atoms with Gasteiger partial charge < -0.3 is 5.32 Å². The summed E-state index contributed by atoms with van der Waals surface area (Å²) in [5.41, 5.74) is 2.73. The van der Waals surface area contributed by atoms with Crippen LogP contribution >= 0.6 is 11.8 Å². The number of hydrogen-bond acceptors (Lipinski definition) is 4. The van der Waals surface area contributed by atoms with Gasteiger partial charge in [-0.3, -0.25) is 9.59 Å². The van der Waals surface area contributed by atoms with Gasteiger partial charge in [0.2, 0.25) is 5.91 Å². The number of hydrogen-bond donors (Lipinski definition) is 1. The summed E-state index contributed by atoms with van der Waals surface area (Å²) in [4.78, 5) is 24.6. The first-order chi connectivity index (χ1) is 13.3. The molecule has 0 saturated carbocycles. The lowest BCUT2D eigenvalue weighted by atomic mass is 10.1. The van der Waals surface area contributed by atoms with Gasteiger partial charge in [-0.2, -0.15) is 9.78 Å². The normalized spacial score (nSPS) is 11.9. The van der Waals surface area contributed by atoms with Gasteiger partial charge >= 0.3 is 0 Å². The summed E-state index contributed by atoms with van der Waals surface area (Å²) in [5.74, 6) is -0.838. The summed E-state index contributed by atoms with van der Waals surface area (Å²) in [6, 6.07) is 14.7. The van der Waals surface area contributed by atoms with Gasteiger partial charge in [-0.1, -0.05) is 30.0 Å². The third kappa shape index (κ3) is 4.48. The van der Waals surface area contributed by atoms with Gasteiger partial charge in [0.05, 0.1) is 16.6 Å². The monoisotopic (exact) mass is 397 g/mol. The molecule has 28 heavy (non-hydrogen) atoms. The van der Waals surface area contributed by atoms with Gasteiger partial charge in [-0.15, -0.1) is 0 Å². The van der Waals surface area contributed by atoms with Gasteiger partial charge in [-0.05, 0) is 62.2 Å². The van der Waals surface area contributed by atoms with Crippen LogP contribution in [0, 0.1) is 19.7 Å². The van der Waals surface area contributed by atoms with E-state index in [0.29, 0.717) is 10.7 Å². The number of halogens is 1. The molecule has 1 N–H and O–H groups in total. The maximum Gasteiger partial charge on any atom is 0.271 e. The van der Waals surface area contributed by atoms with E-state index >= 15 is 0 Å². The second-order valence-electron chi connectivity index (χ2n) is 6.42. The van der Waals surface area contributed by atoms with E-state index in [1.54, 1.807) is 25.1 Å². The topological polar surface area (TPSA) is 64.0 Å². The maximum atomic E-state index is 13.7. The summed E-state index contributed by atoms with van der Waals surface area (Å²) in [5, 5.41) is 6.94. The van der Waals surface area contributed by atoms with Crippen molar-refractivity contribution in [3.05, 3.63) is 81.9 Å². The molecule has 1 amide bonds. The van der Waals surface area contributed by atoms with E-state index < -0.39 is 11.1 Å². The highest BCUT2D eigenvalue weighted by Gasteiger charge is 2.17. The van der Waals surface area contributed by atoms with E-state index in [-0.39, 0.29) is 17.2 Å². The van der Waals surface area contributed by atoms with Crippen molar-refractivity contribution in [1.82, 2.24) is 9.78 Å². The Bertz CT molecular complexity index is 1080. The second kappa shape index (κ2) is 8.39. The Hall–Kier alpha value is -2.93. The van der Waals surface area contributed by atoms with Gasteiger partial charge in [0.15, 0.2) is 0 Å². The summed E-state index contributed by atoms with van der Waals surface area (Å²) < 4.78 is 15.0. The summed E-state index contributed by atoms with van der Waals surface area (Å²) in [7, 11) is 0. The van der Waals surface area contributed by atoms with Crippen molar-refractivity contribution in [1.29, 1.82) is 0 Å². The molecule has 0 radical (unpaired) electrons. The number of benzene rings is 2. The van der Waals surface area contributed by atoms with Crippen molar-refractivity contribution in [3.63, 3.8) is 0 Å². The molecule has 0 aliphatic heterocycles. The van der Waals surface area contributed by atoms with Crippen LogP contribution in [0.2, 0.25) is 0 Å². The van der Waals surface area contributed by atoms with Crippen LogP contribution in [-0.2, 0) is 4.79 Å². The number of carbonyl (C=O) groups is 1. The Morgan fingerprint density at radius 1 is 1.11 bits per heavy atom. The minimum Gasteiger partial charge on any atom is -0.323 e. The van der Waals surface area contributed by atoms with E-state index in [1.165, 1.54) is 34.6 Å². The zero-order valence-electron chi connectivity index (χ0n) is 15.8. The number of aromatic nitrogens is 2. The minimum absolute atomic E-state index is 0.132. The van der Waals surface area contributed by atoms with Gasteiger partial charge in [0.1, 0.15) is 10.8 Å². The number of thioether (sulfide) groups is 1. The lowest BCUT2D eigenvalue weighted by molar-refractivity contribution is -0.115. The maximum absolute atomic E-state index is 13.7. The standard InChI is InChI=1S/C21H20FN3O2S/c1-13-8-9-16(12-14(13)2)25-20(26)11-10-19(24-25)28-15(3)21(27)23-18-7-5-4-6-17(18)22/h4-12,15H,1-3H3,(H,23,27)/t15-/m1/s1. The number of amides is 1. The molecule has 2 aromatic carbocycles. The highest BCUT2D eigenvalue weighted by Crippen LogP contribution is 2.23. The van der Waals surface area contributed by atoms with Crippen molar-refractivity contribution in [2.75, 3.05) is 5.32 Å². The lowest BCUT2D eigenvalue weighted by Crippen LogP contribution is -2.24. The van der Waals surface area contributed by atoms with Crippen LogP contribution in [0.5, 0.6) is 0 Å². The molecule has 0 saturated heterocycles. The summed E-state index contributed by atoms with van der Waals surface area (Å²) in [6.45, 7) is 5.67. The molecular formula is C21H20FN3O2S. The number of rotatable bonds is 5. The molecule has 3 aromatic rings. The quantitative estimate of drug-likeness (QED) is 0.658. The summed E-state index contributed by atoms with van der Waals surface area (Å²) >= 11 is 1.20. The molecule has 7 heteroatoms. The fourth-order valence-electron chi connectivity index (χ4n) is 2.53. The number of carbonyl (C=O) groups excluding carboxylic acids is 1. The molecule has 0 spiro atoms. The van der Waals surface area contributed by atoms with E-state index in [9.17, 15) is 14.0 Å². The number of aryl methyl sites for hydroxylation is 2. The Kier molecular flexibility index (Phi) is 5.94. The first kappa shape index (κ1) is 19.8. The van der Waals surface area contributed by atoms with Crippen molar-refractivity contribution in [3.8, 4) is 5.69 Å². The first-order valence-corrected chi connectivity index (χ1v) is 9.63. The second-order valence-corrected chi connectivity index (χ2v) is 7.78. The zero-order valence-corrected chi connectivity index (χ0v) is 16.6. The zero-order chi connectivity index (χ0) is 20.3. The number of nitrogens with zero attached hydrogens (tertiary/aromatic N) is 2. The Labute approximate surface area is 166 Å². The fourth-order valence-corrected chi connectivity index (χ4v) is 3.33. The minimum atomic E-state index is -0.530. The predicted molar refractivity (Wildman–Crippen MR) is 110 cm³/mol. The van der Waals surface area contributed by atoms with Gasteiger partial charge in [-0.25, -0.2) is 4.39 Å². The van der Waals surface area contributed by atoms with Crippen LogP contribution in [0.1, 0.15) is 18.1 Å². The van der Waals surface area contributed by atoms with Crippen molar-refractivity contribution in [2.45, 2.75) is 31.0 Å². The molecule has 0 aliphatic carbocycles.